The maximum atomic E-state index is 15.9. The number of nitrogens with zero attached hydrogens (tertiary/aromatic N) is 2. The molecule has 1 N–H and O–H groups in total. The fourth-order valence-corrected chi connectivity index (χ4v) is 10.6. The molecule has 1 aromatic rings. The van der Waals surface area contributed by atoms with Crippen molar-refractivity contribution < 1.29 is 62.2 Å². The minimum atomic E-state index is -1.77. The number of nitrogens with one attached hydrogen (secondary N) is 1. The third-order valence-electron chi connectivity index (χ3n) is 9.37. The minimum Gasteiger partial charge on any atom is -0.382 e. The van der Waals surface area contributed by atoms with Crippen molar-refractivity contribution in [1.29, 1.82) is 0 Å². The van der Waals surface area contributed by atoms with Crippen molar-refractivity contribution in [2.45, 2.75) is 128 Å². The van der Waals surface area contributed by atoms with E-state index in [1.54, 1.807) is 28.7 Å². The molecule has 0 aliphatic carbocycles. The predicted molar refractivity (Wildman–Crippen MR) is 250 cm³/mol. The van der Waals surface area contributed by atoms with E-state index in [-0.39, 0.29) is 29.5 Å². The lowest BCUT2D eigenvalue weighted by atomic mass is 10.0. The molecule has 1 aliphatic heterocycles. The molecule has 1 fully saturated rings. The zero-order chi connectivity index (χ0) is 47.7. The Morgan fingerprint density at radius 3 is 1.86 bits per heavy atom. The topological polar surface area (TPSA) is 177 Å². The Bertz CT molecular complexity index is 1470. The normalized spacial score (nSPS) is 18.8. The molecule has 1 saturated heterocycles. The summed E-state index contributed by atoms with van der Waals surface area (Å²) in [5.41, 5.74) is -1.39. The summed E-state index contributed by atoms with van der Waals surface area (Å²) in [7, 11) is 3.47. The highest BCUT2D eigenvalue weighted by Gasteiger charge is 2.48. The SMILES string of the molecule is [2H]CC1OC(n2ccc(=O)[nH]c2=O)C(F)C1OP(OCCCCSSC(C)(C)CCC(=O)CCCOCCOCCOCCOCCOCCOCCOCCOC)N(C(C)C)C(C)C. The number of hydrogen-bond acceptors (Lipinski definition) is 17. The number of hydrogen-bond donors (Lipinski definition) is 1. The van der Waals surface area contributed by atoms with Gasteiger partial charge in [-0.05, 0) is 74.1 Å². The Hall–Kier alpha value is -1.07. The first-order valence-electron chi connectivity index (χ1n) is 23.2. The van der Waals surface area contributed by atoms with E-state index < -0.39 is 44.4 Å². The first-order valence-corrected chi connectivity index (χ1v) is 25.9. The van der Waals surface area contributed by atoms with Crippen LogP contribution in [-0.2, 0) is 56.5 Å². The lowest BCUT2D eigenvalue weighted by Crippen LogP contribution is -2.38. The molecule has 17 nitrogen and oxygen atoms in total. The first-order chi connectivity index (χ1) is 31.3. The summed E-state index contributed by atoms with van der Waals surface area (Å²) >= 11 is 0. The maximum absolute atomic E-state index is 15.9. The van der Waals surface area contributed by atoms with Crippen LogP contribution < -0.4 is 11.2 Å². The second-order valence-electron chi connectivity index (χ2n) is 16.0. The zero-order valence-corrected chi connectivity index (χ0v) is 41.9. The lowest BCUT2D eigenvalue weighted by Gasteiger charge is -2.37. The molecule has 374 valence electrons. The number of alkyl halides is 1. The van der Waals surface area contributed by atoms with Crippen molar-refractivity contribution in [3.05, 3.63) is 33.1 Å². The van der Waals surface area contributed by atoms with E-state index in [0.29, 0.717) is 125 Å². The molecule has 0 radical (unpaired) electrons. The second kappa shape index (κ2) is 36.0. The monoisotopic (exact) mass is 976 g/mol. The van der Waals surface area contributed by atoms with E-state index in [4.69, 9.17) is 53.1 Å². The second-order valence-corrected chi connectivity index (χ2v) is 20.6. The van der Waals surface area contributed by atoms with E-state index in [9.17, 15) is 14.4 Å². The van der Waals surface area contributed by atoms with Crippen LogP contribution in [0.5, 0.6) is 0 Å². The number of halogens is 1. The average molecular weight is 977 g/mol. The molecule has 1 aliphatic rings. The van der Waals surface area contributed by atoms with Gasteiger partial charge >= 0.3 is 5.69 Å². The van der Waals surface area contributed by atoms with Gasteiger partial charge in [0, 0.05) is 62.8 Å². The van der Waals surface area contributed by atoms with Gasteiger partial charge in [0.2, 0.25) is 0 Å². The summed E-state index contributed by atoms with van der Waals surface area (Å²) in [5.74, 6) is 1.14. The van der Waals surface area contributed by atoms with Crippen molar-refractivity contribution in [3.8, 4) is 0 Å². The number of ketones is 1. The Morgan fingerprint density at radius 1 is 0.828 bits per heavy atom. The highest BCUT2D eigenvalue weighted by Crippen LogP contribution is 2.50. The third kappa shape index (κ3) is 26.5. The fourth-order valence-electron chi connectivity index (χ4n) is 6.05. The van der Waals surface area contributed by atoms with Crippen LogP contribution in [0.25, 0.3) is 0 Å². The Balaban J connectivity index is 1.49. The average Bonchev–Trinajstić information content (AvgIpc) is 3.57. The number of Topliss-reactive ketones (excluding diaryl/α,β-unsaturated/α-hetero) is 1. The van der Waals surface area contributed by atoms with E-state index in [2.05, 4.69) is 23.5 Å². The Labute approximate surface area is 391 Å². The minimum absolute atomic E-state index is 0.0295. The molecule has 64 heavy (non-hydrogen) atoms. The van der Waals surface area contributed by atoms with Gasteiger partial charge in [-0.1, -0.05) is 21.6 Å². The molecule has 0 bridgehead atoms. The molecule has 2 rings (SSSR count). The summed E-state index contributed by atoms with van der Waals surface area (Å²) in [6.07, 6.45) is 0.141. The van der Waals surface area contributed by atoms with Crippen LogP contribution in [0.3, 0.4) is 0 Å². The summed E-state index contributed by atoms with van der Waals surface area (Å²) in [4.78, 5) is 38.7. The van der Waals surface area contributed by atoms with Crippen molar-refractivity contribution in [3.63, 3.8) is 0 Å². The molecular weight excluding hydrogens is 897 g/mol. The number of carbonyl (C=O) groups excluding carboxylic acids is 1. The largest absolute Gasteiger partial charge is 0.382 e. The summed E-state index contributed by atoms with van der Waals surface area (Å²) in [6.45, 7) is 20.1. The quantitative estimate of drug-likeness (QED) is 0.0434. The van der Waals surface area contributed by atoms with Crippen LogP contribution >= 0.6 is 30.1 Å². The lowest BCUT2D eigenvalue weighted by molar-refractivity contribution is -0.119. The number of unbranched alkanes of at least 4 members (excludes halogenated alkanes) is 1. The van der Waals surface area contributed by atoms with Gasteiger partial charge < -0.3 is 51.7 Å². The number of carbonyl (C=O) groups is 1. The number of aromatic amines is 1. The first kappa shape index (κ1) is 57.2. The molecule has 0 amide bonds. The molecule has 5 atom stereocenters. The summed E-state index contributed by atoms with van der Waals surface area (Å²) < 4.78 is 88.6. The van der Waals surface area contributed by atoms with Crippen LogP contribution in [0.4, 0.5) is 4.39 Å². The van der Waals surface area contributed by atoms with E-state index in [0.717, 1.165) is 35.6 Å². The van der Waals surface area contributed by atoms with Gasteiger partial charge in [-0.15, -0.1) is 0 Å². The number of rotatable bonds is 42. The number of ether oxygens (including phenoxy) is 9. The predicted octanol–water partition coefficient (Wildman–Crippen LogP) is 6.37. The zero-order valence-electron chi connectivity index (χ0n) is 40.3. The van der Waals surface area contributed by atoms with Crippen molar-refractivity contribution in [2.75, 3.05) is 119 Å². The highest BCUT2D eigenvalue weighted by molar-refractivity contribution is 8.77. The van der Waals surface area contributed by atoms with Gasteiger partial charge in [-0.3, -0.25) is 19.1 Å². The van der Waals surface area contributed by atoms with Gasteiger partial charge in [-0.25, -0.2) is 13.9 Å². The fraction of sp³-hybridized carbons (Fsp3) is 0.884. The molecule has 21 heteroatoms. The van der Waals surface area contributed by atoms with E-state index >= 15 is 4.39 Å². The van der Waals surface area contributed by atoms with Crippen LogP contribution in [-0.4, -0.2) is 174 Å². The molecular formula is C43H79FN3O14PS2. The molecule has 5 unspecified atom stereocenters. The Morgan fingerprint density at radius 2 is 1.36 bits per heavy atom. The van der Waals surface area contributed by atoms with Gasteiger partial charge in [0.1, 0.15) is 11.9 Å². The van der Waals surface area contributed by atoms with Crippen LogP contribution in [0.2, 0.25) is 0 Å². The summed E-state index contributed by atoms with van der Waals surface area (Å²) in [6, 6.07) is 1.18. The van der Waals surface area contributed by atoms with Crippen LogP contribution in [0.15, 0.2) is 21.9 Å². The van der Waals surface area contributed by atoms with Gasteiger partial charge in [-0.2, -0.15) is 0 Å². The third-order valence-corrected chi connectivity index (χ3v) is 14.9. The van der Waals surface area contributed by atoms with Crippen molar-refractivity contribution in [1.82, 2.24) is 14.2 Å². The van der Waals surface area contributed by atoms with Gasteiger partial charge in [0.25, 0.3) is 14.1 Å². The Kier molecular flexibility index (Phi) is 32.2. The molecule has 2 heterocycles. The number of H-pyrrole nitrogens is 1. The molecule has 1 aromatic heterocycles. The smallest absolute Gasteiger partial charge is 0.330 e. The van der Waals surface area contributed by atoms with Crippen molar-refractivity contribution in [2.24, 2.45) is 0 Å². The summed E-state index contributed by atoms with van der Waals surface area (Å²) in [5, 5.41) is 0. The molecule has 0 spiro atoms. The van der Waals surface area contributed by atoms with E-state index in [1.165, 1.54) is 6.20 Å². The van der Waals surface area contributed by atoms with Crippen LogP contribution in [0, 0.1) is 0 Å². The standard InChI is InChI=1S/C43H79FN3O14PS2/c1-34(2)47(35(3)4)62(61-40-36(5)60-41(39(40)44)46-16-14-38(49)45-42(46)50)59-18-9-10-33-63-64-43(6,7)15-13-37(48)12-11-17-52-21-22-54-25-26-56-29-30-58-32-31-57-28-27-55-24-23-53-20-19-51-8/h14,16,34-36,39-41H,9-13,15,17-33H2,1-8H3,(H,45,49,50)/i5D. The molecule has 0 saturated carbocycles. The van der Waals surface area contributed by atoms with Crippen LogP contribution in [0.1, 0.15) is 94.6 Å². The highest BCUT2D eigenvalue weighted by atomic mass is 33.1. The number of aromatic nitrogens is 2. The van der Waals surface area contributed by atoms with Gasteiger partial charge in [0.05, 0.1) is 105 Å². The van der Waals surface area contributed by atoms with Gasteiger partial charge in [0.15, 0.2) is 12.4 Å². The number of methoxy groups -OCH3 is 1. The van der Waals surface area contributed by atoms with Crippen molar-refractivity contribution >= 4 is 35.9 Å². The molecule has 0 aromatic carbocycles. The van der Waals surface area contributed by atoms with E-state index in [1.807, 2.05) is 27.7 Å². The maximum Gasteiger partial charge on any atom is 0.330 e.